The summed E-state index contributed by atoms with van der Waals surface area (Å²) in [6.45, 7) is 2.01. The van der Waals surface area contributed by atoms with E-state index in [0.717, 1.165) is 5.69 Å². The fraction of sp³-hybridized carbons (Fsp3) is 0.222. The Kier molecular flexibility index (Phi) is 1.73. The average Bonchev–Trinajstić information content (AvgIpc) is 2.58. The maximum atomic E-state index is 4.29. The lowest BCUT2D eigenvalue weighted by molar-refractivity contribution is 0.765. The van der Waals surface area contributed by atoms with E-state index in [1.165, 1.54) is 10.6 Å². The molecule has 0 saturated carbocycles. The van der Waals surface area contributed by atoms with Crippen LogP contribution in [0.3, 0.4) is 0 Å². The van der Waals surface area contributed by atoms with E-state index in [2.05, 4.69) is 28.7 Å². The van der Waals surface area contributed by atoms with Crippen LogP contribution in [0.2, 0.25) is 0 Å². The number of aromatic nitrogens is 2. The predicted molar refractivity (Wildman–Crippen MR) is 51.3 cm³/mol. The molecule has 0 radical (unpaired) electrons. The van der Waals surface area contributed by atoms with Crippen LogP contribution >= 0.6 is 11.3 Å². The Labute approximate surface area is 75.5 Å². The largest absolute Gasteiger partial charge is 0.267 e. The van der Waals surface area contributed by atoms with Crippen LogP contribution in [0.5, 0.6) is 0 Å². The molecule has 3 heteroatoms. The van der Waals surface area contributed by atoms with E-state index in [1.54, 1.807) is 11.3 Å². The summed E-state index contributed by atoms with van der Waals surface area (Å²) in [5, 5.41) is 6.37. The first kappa shape index (κ1) is 7.55. The van der Waals surface area contributed by atoms with Crippen LogP contribution in [-0.4, -0.2) is 9.78 Å². The minimum absolute atomic E-state index is 1.07. The van der Waals surface area contributed by atoms with Crippen LogP contribution in [0.25, 0.3) is 10.6 Å². The molecule has 12 heavy (non-hydrogen) atoms. The van der Waals surface area contributed by atoms with Crippen LogP contribution in [0.1, 0.15) is 5.69 Å². The maximum absolute atomic E-state index is 4.29. The second kappa shape index (κ2) is 2.75. The molecule has 0 spiro atoms. The Morgan fingerprint density at radius 2 is 2.33 bits per heavy atom. The van der Waals surface area contributed by atoms with Crippen LogP contribution in [0.15, 0.2) is 23.6 Å². The van der Waals surface area contributed by atoms with Gasteiger partial charge in [0.15, 0.2) is 0 Å². The van der Waals surface area contributed by atoms with Crippen molar-refractivity contribution >= 4 is 11.3 Å². The molecule has 2 aromatic heterocycles. The molecule has 0 amide bonds. The Morgan fingerprint density at radius 1 is 1.50 bits per heavy atom. The third-order valence-electron chi connectivity index (χ3n) is 1.78. The number of nitrogens with zero attached hydrogens (tertiary/aromatic N) is 2. The quantitative estimate of drug-likeness (QED) is 0.656. The van der Waals surface area contributed by atoms with Crippen molar-refractivity contribution in [2.45, 2.75) is 6.92 Å². The third-order valence-corrected chi connectivity index (χ3v) is 2.67. The van der Waals surface area contributed by atoms with Gasteiger partial charge in [-0.05, 0) is 24.4 Å². The van der Waals surface area contributed by atoms with Crippen molar-refractivity contribution in [1.82, 2.24) is 9.78 Å². The first-order valence-corrected chi connectivity index (χ1v) is 4.70. The van der Waals surface area contributed by atoms with E-state index >= 15 is 0 Å². The summed E-state index contributed by atoms with van der Waals surface area (Å²) in [6, 6.07) is 6.27. The second-order valence-electron chi connectivity index (χ2n) is 2.77. The minimum atomic E-state index is 1.07. The van der Waals surface area contributed by atoms with Gasteiger partial charge in [-0.15, -0.1) is 11.3 Å². The van der Waals surface area contributed by atoms with Crippen molar-refractivity contribution in [1.29, 1.82) is 0 Å². The Balaban J connectivity index is 2.54. The monoisotopic (exact) mass is 178 g/mol. The number of aryl methyl sites for hydroxylation is 2. The fourth-order valence-corrected chi connectivity index (χ4v) is 2.04. The molecule has 2 heterocycles. The van der Waals surface area contributed by atoms with Crippen molar-refractivity contribution in [2.75, 3.05) is 0 Å². The van der Waals surface area contributed by atoms with E-state index < -0.39 is 0 Å². The molecule has 0 aliphatic rings. The molecule has 0 bridgehead atoms. The summed E-state index contributed by atoms with van der Waals surface area (Å²) >= 11 is 1.74. The summed E-state index contributed by atoms with van der Waals surface area (Å²) in [5.41, 5.74) is 2.27. The highest BCUT2D eigenvalue weighted by molar-refractivity contribution is 7.13. The first-order chi connectivity index (χ1) is 5.77. The summed E-state index contributed by atoms with van der Waals surface area (Å²) < 4.78 is 1.92. The number of thiophene rings is 1. The Morgan fingerprint density at radius 3 is 2.83 bits per heavy atom. The molecule has 0 saturated heterocycles. The molecule has 0 aliphatic heterocycles. The molecule has 62 valence electrons. The predicted octanol–water partition coefficient (Wildman–Crippen LogP) is 2.46. The summed E-state index contributed by atoms with van der Waals surface area (Å²) in [4.78, 5) is 1.28. The van der Waals surface area contributed by atoms with Gasteiger partial charge in [0.1, 0.15) is 0 Å². The highest BCUT2D eigenvalue weighted by atomic mass is 32.1. The minimum Gasteiger partial charge on any atom is -0.267 e. The van der Waals surface area contributed by atoms with Crippen molar-refractivity contribution in [3.05, 3.63) is 29.3 Å². The Hall–Kier alpha value is -1.09. The molecule has 0 aliphatic carbocycles. The van der Waals surface area contributed by atoms with Gasteiger partial charge in [-0.3, -0.25) is 4.68 Å². The van der Waals surface area contributed by atoms with Gasteiger partial charge in [0.05, 0.1) is 16.3 Å². The number of hydrogen-bond donors (Lipinski definition) is 0. The Bertz CT molecular complexity index is 373. The van der Waals surface area contributed by atoms with Gasteiger partial charge < -0.3 is 0 Å². The molecule has 0 fully saturated rings. The standard InChI is InChI=1S/C9H10N2S/c1-7-6-8(11(2)10-7)9-4-3-5-12-9/h3-6H,1-2H3. The average molecular weight is 178 g/mol. The van der Waals surface area contributed by atoms with Crippen LogP contribution < -0.4 is 0 Å². The van der Waals surface area contributed by atoms with Gasteiger partial charge in [0, 0.05) is 7.05 Å². The van der Waals surface area contributed by atoms with Crippen molar-refractivity contribution in [2.24, 2.45) is 7.05 Å². The molecule has 2 aromatic rings. The molecular formula is C9H10N2S. The number of rotatable bonds is 1. The zero-order valence-corrected chi connectivity index (χ0v) is 7.93. The maximum Gasteiger partial charge on any atom is 0.0781 e. The molecule has 0 atom stereocenters. The van der Waals surface area contributed by atoms with Crippen LogP contribution in [0.4, 0.5) is 0 Å². The molecule has 0 aromatic carbocycles. The summed E-state index contributed by atoms with van der Waals surface area (Å²) in [6.07, 6.45) is 0. The van der Waals surface area contributed by atoms with E-state index in [9.17, 15) is 0 Å². The lowest BCUT2D eigenvalue weighted by Crippen LogP contribution is -1.91. The van der Waals surface area contributed by atoms with Gasteiger partial charge in [0.25, 0.3) is 0 Å². The van der Waals surface area contributed by atoms with Gasteiger partial charge in [-0.1, -0.05) is 6.07 Å². The smallest absolute Gasteiger partial charge is 0.0781 e. The number of hydrogen-bond acceptors (Lipinski definition) is 2. The van der Waals surface area contributed by atoms with Gasteiger partial charge in [-0.25, -0.2) is 0 Å². The third kappa shape index (κ3) is 1.16. The van der Waals surface area contributed by atoms with Gasteiger partial charge in [-0.2, -0.15) is 5.10 Å². The fourth-order valence-electron chi connectivity index (χ4n) is 1.27. The SMILES string of the molecule is Cc1cc(-c2cccs2)n(C)n1. The van der Waals surface area contributed by atoms with Crippen LogP contribution in [-0.2, 0) is 7.05 Å². The lowest BCUT2D eigenvalue weighted by atomic mass is 10.3. The van der Waals surface area contributed by atoms with Crippen LogP contribution in [0, 0.1) is 6.92 Å². The van der Waals surface area contributed by atoms with Crippen molar-refractivity contribution in [3.63, 3.8) is 0 Å². The highest BCUT2D eigenvalue weighted by Gasteiger charge is 2.04. The van der Waals surface area contributed by atoms with E-state index in [1.807, 2.05) is 18.7 Å². The van der Waals surface area contributed by atoms with Gasteiger partial charge in [0.2, 0.25) is 0 Å². The molecule has 2 nitrogen and oxygen atoms in total. The zero-order valence-electron chi connectivity index (χ0n) is 7.11. The highest BCUT2D eigenvalue weighted by Crippen LogP contribution is 2.24. The topological polar surface area (TPSA) is 17.8 Å². The first-order valence-electron chi connectivity index (χ1n) is 3.82. The van der Waals surface area contributed by atoms with E-state index in [-0.39, 0.29) is 0 Å². The summed E-state index contributed by atoms with van der Waals surface area (Å²) in [5.74, 6) is 0. The molecule has 0 N–H and O–H groups in total. The van der Waals surface area contributed by atoms with Crippen molar-refractivity contribution in [3.8, 4) is 10.6 Å². The van der Waals surface area contributed by atoms with E-state index in [0.29, 0.717) is 0 Å². The molecular weight excluding hydrogens is 168 g/mol. The van der Waals surface area contributed by atoms with Gasteiger partial charge >= 0.3 is 0 Å². The lowest BCUT2D eigenvalue weighted by Gasteiger charge is -1.95. The molecule has 0 unspecified atom stereocenters. The zero-order chi connectivity index (χ0) is 8.55. The normalized spacial score (nSPS) is 10.5. The molecule has 2 rings (SSSR count). The van der Waals surface area contributed by atoms with Crippen molar-refractivity contribution < 1.29 is 0 Å². The second-order valence-corrected chi connectivity index (χ2v) is 3.72. The van der Waals surface area contributed by atoms with E-state index in [4.69, 9.17) is 0 Å². The summed E-state index contributed by atoms with van der Waals surface area (Å²) in [7, 11) is 1.97.